The Morgan fingerprint density at radius 1 is 1.12 bits per heavy atom. The number of benzene rings is 1. The quantitative estimate of drug-likeness (QED) is 0.793. The number of nitrogens with two attached hydrogens (primary N) is 1. The molecule has 0 unspecified atom stereocenters. The summed E-state index contributed by atoms with van der Waals surface area (Å²) < 4.78 is 13.1. The van der Waals surface area contributed by atoms with Crippen molar-refractivity contribution in [1.29, 1.82) is 0 Å². The van der Waals surface area contributed by atoms with Crippen molar-refractivity contribution in [2.45, 2.75) is 25.7 Å². The maximum atomic E-state index is 13.1. The first-order chi connectivity index (χ1) is 8.22. The van der Waals surface area contributed by atoms with Gasteiger partial charge in [0, 0.05) is 13.1 Å². The van der Waals surface area contributed by atoms with Crippen LogP contribution in [0.5, 0.6) is 0 Å². The van der Waals surface area contributed by atoms with Gasteiger partial charge in [-0.2, -0.15) is 0 Å². The molecule has 0 saturated heterocycles. The lowest BCUT2D eigenvalue weighted by molar-refractivity contribution is 0.627. The van der Waals surface area contributed by atoms with Crippen molar-refractivity contribution in [1.82, 2.24) is 0 Å². The lowest BCUT2D eigenvalue weighted by atomic mass is 10.2. The van der Waals surface area contributed by atoms with Crippen LogP contribution in [0.2, 0.25) is 0 Å². The molecule has 0 bridgehead atoms. The highest BCUT2D eigenvalue weighted by Crippen LogP contribution is 2.37. The molecule has 0 aliphatic heterocycles. The minimum Gasteiger partial charge on any atom is -0.397 e. The van der Waals surface area contributed by atoms with E-state index in [-0.39, 0.29) is 5.82 Å². The van der Waals surface area contributed by atoms with E-state index in [4.69, 9.17) is 5.73 Å². The molecule has 3 heteroatoms. The maximum Gasteiger partial charge on any atom is 0.125 e. The van der Waals surface area contributed by atoms with Crippen LogP contribution in [-0.2, 0) is 0 Å². The van der Waals surface area contributed by atoms with E-state index in [0.29, 0.717) is 5.69 Å². The molecule has 92 valence electrons. The highest BCUT2D eigenvalue weighted by Gasteiger charge is 2.29. The standard InChI is InChI=1S/C14H19FN2/c15-12-5-6-14(13(16)7-12)17(8-10-1-2-10)9-11-3-4-11/h5-7,10-11H,1-4,8-9,16H2. The molecule has 2 aliphatic carbocycles. The number of halogens is 1. The Kier molecular flexibility index (Phi) is 2.69. The normalized spacial score (nSPS) is 19.4. The second kappa shape index (κ2) is 4.21. The third-order valence-corrected chi connectivity index (χ3v) is 3.68. The summed E-state index contributed by atoms with van der Waals surface area (Å²) in [5, 5.41) is 0. The van der Waals surface area contributed by atoms with Crippen molar-refractivity contribution in [2.24, 2.45) is 11.8 Å². The molecule has 0 aromatic heterocycles. The van der Waals surface area contributed by atoms with Gasteiger partial charge in [-0.3, -0.25) is 0 Å². The number of anilines is 2. The second-order valence-electron chi connectivity index (χ2n) is 5.49. The summed E-state index contributed by atoms with van der Waals surface area (Å²) in [7, 11) is 0. The summed E-state index contributed by atoms with van der Waals surface area (Å²) in [5.41, 5.74) is 7.53. The number of nitrogens with zero attached hydrogens (tertiary/aromatic N) is 1. The molecule has 0 heterocycles. The second-order valence-corrected chi connectivity index (χ2v) is 5.49. The van der Waals surface area contributed by atoms with Crippen molar-refractivity contribution in [2.75, 3.05) is 23.7 Å². The van der Waals surface area contributed by atoms with Crippen LogP contribution in [0.25, 0.3) is 0 Å². The minimum absolute atomic E-state index is 0.246. The fourth-order valence-electron chi connectivity index (χ4n) is 2.31. The van der Waals surface area contributed by atoms with Crippen molar-refractivity contribution >= 4 is 11.4 Å². The highest BCUT2D eigenvalue weighted by molar-refractivity contribution is 5.67. The summed E-state index contributed by atoms with van der Waals surface area (Å²) in [5.74, 6) is 1.42. The molecule has 2 nitrogen and oxygen atoms in total. The molecule has 17 heavy (non-hydrogen) atoms. The minimum atomic E-state index is -0.246. The van der Waals surface area contributed by atoms with Gasteiger partial charge in [0.2, 0.25) is 0 Å². The SMILES string of the molecule is Nc1cc(F)ccc1N(CC1CC1)CC1CC1. The summed E-state index contributed by atoms with van der Waals surface area (Å²) >= 11 is 0. The van der Waals surface area contributed by atoms with Gasteiger partial charge < -0.3 is 10.6 Å². The first-order valence-corrected chi connectivity index (χ1v) is 6.52. The van der Waals surface area contributed by atoms with Crippen molar-refractivity contribution in [3.05, 3.63) is 24.0 Å². The molecule has 1 aromatic carbocycles. The van der Waals surface area contributed by atoms with E-state index in [0.717, 1.165) is 30.6 Å². The predicted molar refractivity (Wildman–Crippen MR) is 68.5 cm³/mol. The fourth-order valence-corrected chi connectivity index (χ4v) is 2.31. The van der Waals surface area contributed by atoms with Gasteiger partial charge in [0.1, 0.15) is 5.82 Å². The third-order valence-electron chi connectivity index (χ3n) is 3.68. The summed E-state index contributed by atoms with van der Waals surface area (Å²) in [4.78, 5) is 2.37. The molecular formula is C14H19FN2. The van der Waals surface area contributed by atoms with Crippen LogP contribution in [0.4, 0.5) is 15.8 Å². The topological polar surface area (TPSA) is 29.3 Å². The molecule has 3 rings (SSSR count). The van der Waals surface area contributed by atoms with E-state index in [9.17, 15) is 4.39 Å². The van der Waals surface area contributed by atoms with Crippen LogP contribution in [0.15, 0.2) is 18.2 Å². The van der Waals surface area contributed by atoms with Crippen molar-refractivity contribution in [3.8, 4) is 0 Å². The lowest BCUT2D eigenvalue weighted by Gasteiger charge is -2.26. The van der Waals surface area contributed by atoms with Gasteiger partial charge in [0.15, 0.2) is 0 Å². The van der Waals surface area contributed by atoms with Gasteiger partial charge in [0.25, 0.3) is 0 Å². The zero-order chi connectivity index (χ0) is 11.8. The number of nitrogen functional groups attached to an aromatic ring is 1. The zero-order valence-corrected chi connectivity index (χ0v) is 10.0. The van der Waals surface area contributed by atoms with Crippen LogP contribution < -0.4 is 10.6 Å². The van der Waals surface area contributed by atoms with E-state index in [1.54, 1.807) is 0 Å². The monoisotopic (exact) mass is 234 g/mol. The van der Waals surface area contributed by atoms with E-state index in [1.807, 2.05) is 6.07 Å². The van der Waals surface area contributed by atoms with Crippen LogP contribution in [0, 0.1) is 17.7 Å². The molecule has 2 aliphatic rings. The molecule has 0 radical (unpaired) electrons. The molecule has 0 atom stereocenters. The summed E-state index contributed by atoms with van der Waals surface area (Å²) in [6, 6.07) is 4.77. The Balaban J connectivity index is 1.78. The molecule has 0 spiro atoms. The average molecular weight is 234 g/mol. The van der Waals surface area contributed by atoms with E-state index in [2.05, 4.69) is 4.90 Å². The summed E-state index contributed by atoms with van der Waals surface area (Å²) in [6.45, 7) is 2.18. The van der Waals surface area contributed by atoms with E-state index < -0.39 is 0 Å². The van der Waals surface area contributed by atoms with E-state index >= 15 is 0 Å². The van der Waals surface area contributed by atoms with Crippen LogP contribution in [-0.4, -0.2) is 13.1 Å². The fraction of sp³-hybridized carbons (Fsp3) is 0.571. The van der Waals surface area contributed by atoms with Gasteiger partial charge >= 0.3 is 0 Å². The average Bonchev–Trinajstić information content (AvgIpc) is 3.11. The van der Waals surface area contributed by atoms with E-state index in [1.165, 1.54) is 37.8 Å². The van der Waals surface area contributed by atoms with Crippen molar-refractivity contribution < 1.29 is 4.39 Å². The molecule has 2 saturated carbocycles. The number of hydrogen-bond acceptors (Lipinski definition) is 2. The van der Waals surface area contributed by atoms with Gasteiger partial charge in [-0.15, -0.1) is 0 Å². The third kappa shape index (κ3) is 2.71. The van der Waals surface area contributed by atoms with Crippen LogP contribution in [0.1, 0.15) is 25.7 Å². The predicted octanol–water partition coefficient (Wildman–Crippen LogP) is 3.03. The summed E-state index contributed by atoms with van der Waals surface area (Å²) in [6.07, 6.45) is 5.34. The molecule has 2 N–H and O–H groups in total. The van der Waals surface area contributed by atoms with Crippen molar-refractivity contribution in [3.63, 3.8) is 0 Å². The van der Waals surface area contributed by atoms with Gasteiger partial charge in [-0.25, -0.2) is 4.39 Å². The Morgan fingerprint density at radius 3 is 2.18 bits per heavy atom. The van der Waals surface area contributed by atoms with Crippen LogP contribution >= 0.6 is 0 Å². The highest BCUT2D eigenvalue weighted by atomic mass is 19.1. The smallest absolute Gasteiger partial charge is 0.125 e. The maximum absolute atomic E-state index is 13.1. The Labute approximate surface area is 102 Å². The Bertz CT molecular complexity index is 397. The molecular weight excluding hydrogens is 215 g/mol. The van der Waals surface area contributed by atoms with Gasteiger partial charge in [-0.05, 0) is 55.7 Å². The number of rotatable bonds is 5. The first kappa shape index (κ1) is 10.9. The largest absolute Gasteiger partial charge is 0.397 e. The lowest BCUT2D eigenvalue weighted by Crippen LogP contribution is -2.28. The van der Waals surface area contributed by atoms with Gasteiger partial charge in [0.05, 0.1) is 11.4 Å². The van der Waals surface area contributed by atoms with Crippen LogP contribution in [0.3, 0.4) is 0 Å². The molecule has 2 fully saturated rings. The Morgan fingerprint density at radius 2 is 1.71 bits per heavy atom. The number of hydrogen-bond donors (Lipinski definition) is 1. The molecule has 1 aromatic rings. The van der Waals surface area contributed by atoms with Gasteiger partial charge in [-0.1, -0.05) is 0 Å². The molecule has 0 amide bonds. The first-order valence-electron chi connectivity index (χ1n) is 6.52. The Hall–Kier alpha value is -1.25. The zero-order valence-electron chi connectivity index (χ0n) is 10.0.